The molecular weight excluding hydrogens is 286 g/mol. The van der Waals surface area contributed by atoms with Gasteiger partial charge in [-0.1, -0.05) is 23.5 Å². The minimum atomic E-state index is -0.926. The molecule has 0 unspecified atom stereocenters. The molecule has 3 aromatic rings. The monoisotopic (exact) mass is 299 g/mol. The molecular formula is C15H13N3O2S. The molecule has 0 aliphatic heterocycles. The molecule has 0 saturated carbocycles. The van der Waals surface area contributed by atoms with Crippen molar-refractivity contribution in [2.75, 3.05) is 0 Å². The number of aryl methyl sites for hydroxylation is 2. The number of aromatic carboxylic acids is 1. The van der Waals surface area contributed by atoms with Crippen molar-refractivity contribution in [3.63, 3.8) is 0 Å². The number of rotatable bonds is 2. The van der Waals surface area contributed by atoms with E-state index in [2.05, 4.69) is 14.6 Å². The van der Waals surface area contributed by atoms with Crippen LogP contribution in [0.15, 0.2) is 24.3 Å². The lowest BCUT2D eigenvalue weighted by Crippen LogP contribution is -2.04. The van der Waals surface area contributed by atoms with Crippen LogP contribution in [0.1, 0.15) is 33.8 Å². The standard InChI is InChI=1S/C15H13N3O2S/c19-14(20)10-5-3-4-9(8-10)13-16-17-15-18(13)11-6-1-2-7-12(11)21-15/h3-5,8H,1-2,6-7H2,(H,19,20). The van der Waals surface area contributed by atoms with Gasteiger partial charge < -0.3 is 5.11 Å². The molecule has 6 heteroatoms. The highest BCUT2D eigenvalue weighted by Crippen LogP contribution is 2.32. The fourth-order valence-corrected chi connectivity index (χ4v) is 4.02. The van der Waals surface area contributed by atoms with Crippen molar-refractivity contribution in [3.8, 4) is 11.4 Å². The van der Waals surface area contributed by atoms with Crippen LogP contribution in [0.3, 0.4) is 0 Å². The number of thiazole rings is 1. The summed E-state index contributed by atoms with van der Waals surface area (Å²) in [5.74, 6) is -0.183. The van der Waals surface area contributed by atoms with Crippen LogP contribution < -0.4 is 0 Å². The third-order valence-corrected chi connectivity index (χ3v) is 5.01. The number of nitrogens with zero attached hydrogens (tertiary/aromatic N) is 3. The first-order chi connectivity index (χ1) is 10.2. The van der Waals surface area contributed by atoms with Gasteiger partial charge in [-0.05, 0) is 37.8 Å². The molecule has 1 aromatic carbocycles. The van der Waals surface area contributed by atoms with Crippen LogP contribution in [0.2, 0.25) is 0 Å². The summed E-state index contributed by atoms with van der Waals surface area (Å²) < 4.78 is 2.10. The molecule has 2 heterocycles. The van der Waals surface area contributed by atoms with Gasteiger partial charge in [-0.2, -0.15) is 0 Å². The van der Waals surface area contributed by atoms with Gasteiger partial charge in [0.2, 0.25) is 4.96 Å². The van der Waals surface area contributed by atoms with Crippen molar-refractivity contribution in [1.82, 2.24) is 14.6 Å². The Labute approximate surface area is 124 Å². The Morgan fingerprint density at radius 1 is 1.24 bits per heavy atom. The first kappa shape index (κ1) is 12.5. The molecule has 21 heavy (non-hydrogen) atoms. The number of carbonyl (C=O) groups is 1. The molecule has 5 nitrogen and oxygen atoms in total. The SMILES string of the molecule is O=C(O)c1cccc(-c2nnc3sc4c(n23)CCCC4)c1. The van der Waals surface area contributed by atoms with Crippen LogP contribution in [0.4, 0.5) is 0 Å². The Morgan fingerprint density at radius 2 is 2.10 bits per heavy atom. The molecule has 0 spiro atoms. The fourth-order valence-electron chi connectivity index (χ4n) is 2.88. The van der Waals surface area contributed by atoms with E-state index in [1.54, 1.807) is 29.5 Å². The van der Waals surface area contributed by atoms with E-state index < -0.39 is 5.97 Å². The zero-order chi connectivity index (χ0) is 14.4. The Bertz CT molecular complexity index is 850. The highest BCUT2D eigenvalue weighted by atomic mass is 32.1. The Hall–Kier alpha value is -2.21. The van der Waals surface area contributed by atoms with E-state index in [4.69, 9.17) is 5.11 Å². The van der Waals surface area contributed by atoms with E-state index in [0.29, 0.717) is 0 Å². The number of carboxylic acid groups (broad SMARTS) is 1. The summed E-state index contributed by atoms with van der Waals surface area (Å²) in [5, 5.41) is 17.7. The highest BCUT2D eigenvalue weighted by Gasteiger charge is 2.21. The van der Waals surface area contributed by atoms with Crippen molar-refractivity contribution in [2.24, 2.45) is 0 Å². The number of hydrogen-bond acceptors (Lipinski definition) is 4. The van der Waals surface area contributed by atoms with Crippen LogP contribution in [0.5, 0.6) is 0 Å². The zero-order valence-electron chi connectivity index (χ0n) is 11.2. The summed E-state index contributed by atoms with van der Waals surface area (Å²) in [6, 6.07) is 6.88. The van der Waals surface area contributed by atoms with Crippen LogP contribution in [-0.4, -0.2) is 25.7 Å². The predicted octanol–water partition coefficient (Wildman–Crippen LogP) is 3.03. The molecule has 0 radical (unpaired) electrons. The Balaban J connectivity index is 1.92. The van der Waals surface area contributed by atoms with Crippen LogP contribution >= 0.6 is 11.3 Å². The normalized spacial score (nSPS) is 14.3. The van der Waals surface area contributed by atoms with E-state index >= 15 is 0 Å². The lowest BCUT2D eigenvalue weighted by atomic mass is 10.0. The summed E-state index contributed by atoms with van der Waals surface area (Å²) >= 11 is 1.70. The molecule has 0 amide bonds. The van der Waals surface area contributed by atoms with Crippen molar-refractivity contribution in [1.29, 1.82) is 0 Å². The second-order valence-electron chi connectivity index (χ2n) is 5.21. The quantitative estimate of drug-likeness (QED) is 0.789. The molecule has 0 bridgehead atoms. The smallest absolute Gasteiger partial charge is 0.335 e. The average molecular weight is 299 g/mol. The third kappa shape index (κ3) is 1.94. The van der Waals surface area contributed by atoms with Gasteiger partial charge in [0.05, 0.1) is 5.56 Å². The van der Waals surface area contributed by atoms with Gasteiger partial charge in [-0.15, -0.1) is 10.2 Å². The van der Waals surface area contributed by atoms with Gasteiger partial charge in [0.15, 0.2) is 5.82 Å². The zero-order valence-corrected chi connectivity index (χ0v) is 12.1. The van der Waals surface area contributed by atoms with E-state index in [1.165, 1.54) is 23.4 Å². The summed E-state index contributed by atoms with van der Waals surface area (Å²) in [6.07, 6.45) is 4.57. The summed E-state index contributed by atoms with van der Waals surface area (Å²) in [5.41, 5.74) is 2.36. The maximum Gasteiger partial charge on any atom is 0.335 e. The fraction of sp³-hybridized carbons (Fsp3) is 0.267. The van der Waals surface area contributed by atoms with Gasteiger partial charge in [0.1, 0.15) is 0 Å². The van der Waals surface area contributed by atoms with E-state index in [0.717, 1.165) is 29.2 Å². The van der Waals surface area contributed by atoms with Gasteiger partial charge in [0, 0.05) is 16.1 Å². The largest absolute Gasteiger partial charge is 0.478 e. The van der Waals surface area contributed by atoms with Gasteiger partial charge in [-0.25, -0.2) is 4.79 Å². The first-order valence-electron chi connectivity index (χ1n) is 6.93. The van der Waals surface area contributed by atoms with Gasteiger partial charge >= 0.3 is 5.97 Å². The lowest BCUT2D eigenvalue weighted by molar-refractivity contribution is 0.0697. The van der Waals surface area contributed by atoms with Gasteiger partial charge in [-0.3, -0.25) is 4.40 Å². The van der Waals surface area contributed by atoms with E-state index in [9.17, 15) is 4.79 Å². The Kier molecular flexibility index (Phi) is 2.78. The number of benzene rings is 1. The van der Waals surface area contributed by atoms with Crippen molar-refractivity contribution in [3.05, 3.63) is 40.4 Å². The topological polar surface area (TPSA) is 67.5 Å². The second kappa shape index (κ2) is 4.66. The molecule has 2 aromatic heterocycles. The van der Waals surface area contributed by atoms with Crippen molar-refractivity contribution in [2.45, 2.75) is 25.7 Å². The minimum absolute atomic E-state index is 0.272. The minimum Gasteiger partial charge on any atom is -0.478 e. The maximum absolute atomic E-state index is 11.1. The molecule has 4 rings (SSSR count). The predicted molar refractivity (Wildman–Crippen MR) is 79.9 cm³/mol. The second-order valence-corrected chi connectivity index (χ2v) is 6.27. The Morgan fingerprint density at radius 3 is 2.95 bits per heavy atom. The maximum atomic E-state index is 11.1. The average Bonchev–Trinajstić information content (AvgIpc) is 3.06. The molecule has 1 aliphatic carbocycles. The van der Waals surface area contributed by atoms with Crippen LogP contribution in [-0.2, 0) is 12.8 Å². The van der Waals surface area contributed by atoms with Crippen molar-refractivity contribution < 1.29 is 9.90 Å². The number of aromatic nitrogens is 3. The first-order valence-corrected chi connectivity index (χ1v) is 7.75. The van der Waals surface area contributed by atoms with Crippen LogP contribution in [0.25, 0.3) is 16.3 Å². The summed E-state index contributed by atoms with van der Waals surface area (Å²) in [7, 11) is 0. The number of carboxylic acids is 1. The molecule has 0 fully saturated rings. The number of fused-ring (bicyclic) bond motifs is 3. The molecule has 1 N–H and O–H groups in total. The van der Waals surface area contributed by atoms with Crippen molar-refractivity contribution >= 4 is 22.3 Å². The third-order valence-electron chi connectivity index (χ3n) is 3.87. The lowest BCUT2D eigenvalue weighted by Gasteiger charge is -2.11. The van der Waals surface area contributed by atoms with E-state index in [-0.39, 0.29) is 5.56 Å². The summed E-state index contributed by atoms with van der Waals surface area (Å²) in [4.78, 5) is 13.4. The number of hydrogen-bond donors (Lipinski definition) is 1. The summed E-state index contributed by atoms with van der Waals surface area (Å²) in [6.45, 7) is 0. The molecule has 106 valence electrons. The molecule has 1 aliphatic rings. The van der Waals surface area contributed by atoms with E-state index in [1.807, 2.05) is 6.07 Å². The van der Waals surface area contributed by atoms with Crippen LogP contribution in [0, 0.1) is 0 Å². The molecule has 0 atom stereocenters. The molecule has 0 saturated heterocycles. The van der Waals surface area contributed by atoms with Gasteiger partial charge in [0.25, 0.3) is 0 Å². The highest BCUT2D eigenvalue weighted by molar-refractivity contribution is 7.17.